The maximum absolute atomic E-state index is 13.1. The van der Waals surface area contributed by atoms with Crippen molar-refractivity contribution in [2.75, 3.05) is 32.8 Å². The summed E-state index contributed by atoms with van der Waals surface area (Å²) in [5.74, 6) is 0.104. The number of carbonyl (C=O) groups is 1. The van der Waals surface area contributed by atoms with Gasteiger partial charge in [0.1, 0.15) is 11.5 Å². The topological polar surface area (TPSA) is 117 Å². The Morgan fingerprint density at radius 2 is 1.51 bits per heavy atom. The fraction of sp³-hybridized carbons (Fsp3) is 0.458. The van der Waals surface area contributed by atoms with Crippen molar-refractivity contribution in [1.82, 2.24) is 8.61 Å². The van der Waals surface area contributed by atoms with Crippen molar-refractivity contribution in [2.24, 2.45) is 5.92 Å². The summed E-state index contributed by atoms with van der Waals surface area (Å²) >= 11 is 0. The zero-order valence-electron chi connectivity index (χ0n) is 20.3. The SMILES string of the molecule is CCOC(=O)[C@@H]1CCCN(S(=O)(=O)c2ccc(Oc3ccc(S(O)(O)N(CC)CC)cc3)cc2)C1. The molecule has 0 unspecified atom stereocenters. The number of piperidine rings is 1. The van der Waals surface area contributed by atoms with Crippen molar-refractivity contribution in [3.8, 4) is 11.5 Å². The Labute approximate surface area is 209 Å². The first-order chi connectivity index (χ1) is 16.6. The van der Waals surface area contributed by atoms with E-state index in [1.54, 1.807) is 47.6 Å². The molecule has 1 heterocycles. The van der Waals surface area contributed by atoms with Gasteiger partial charge in [-0.25, -0.2) is 12.7 Å². The van der Waals surface area contributed by atoms with Crippen LogP contribution in [-0.4, -0.2) is 64.9 Å². The number of carbonyl (C=O) groups excluding carboxylic acids is 1. The molecule has 1 aliphatic rings. The van der Waals surface area contributed by atoms with Gasteiger partial charge in [-0.2, -0.15) is 4.31 Å². The van der Waals surface area contributed by atoms with Crippen LogP contribution in [-0.2, 0) is 19.6 Å². The van der Waals surface area contributed by atoms with Crippen molar-refractivity contribution in [2.45, 2.75) is 43.4 Å². The second kappa shape index (κ2) is 11.7. The Hall–Kier alpha value is -2.15. The molecule has 0 spiro atoms. The van der Waals surface area contributed by atoms with Gasteiger partial charge in [-0.05, 0) is 68.3 Å². The van der Waals surface area contributed by atoms with Crippen LogP contribution in [0, 0.1) is 5.92 Å². The van der Waals surface area contributed by atoms with E-state index in [1.807, 2.05) is 13.8 Å². The first-order valence-corrected chi connectivity index (χ1v) is 14.7. The standard InChI is InChI=1S/C24H34N2O7S2/c1-4-25(5-2)34(28,29)22-13-9-20(10-14-22)33-21-11-15-23(16-12-21)35(30,31)26-17-7-8-19(18-26)24(27)32-6-3/h9-16,19,28-29H,4-8,17-18H2,1-3H3/t19-/m1/s1. The fourth-order valence-electron chi connectivity index (χ4n) is 4.00. The van der Waals surface area contributed by atoms with Crippen LogP contribution < -0.4 is 4.74 Å². The molecule has 0 aromatic heterocycles. The number of nitrogens with zero attached hydrogens (tertiary/aromatic N) is 2. The lowest BCUT2D eigenvalue weighted by Crippen LogP contribution is -2.42. The molecule has 194 valence electrons. The van der Waals surface area contributed by atoms with Crippen LogP contribution >= 0.6 is 10.8 Å². The lowest BCUT2D eigenvalue weighted by molar-refractivity contribution is -0.149. The summed E-state index contributed by atoms with van der Waals surface area (Å²) < 4.78 is 61.1. The molecular weight excluding hydrogens is 492 g/mol. The van der Waals surface area contributed by atoms with Crippen molar-refractivity contribution >= 4 is 26.8 Å². The Kier molecular flexibility index (Phi) is 9.19. The van der Waals surface area contributed by atoms with Gasteiger partial charge in [0, 0.05) is 26.2 Å². The molecule has 2 N–H and O–H groups in total. The average molecular weight is 527 g/mol. The van der Waals surface area contributed by atoms with Crippen LogP contribution in [0.3, 0.4) is 0 Å². The summed E-state index contributed by atoms with van der Waals surface area (Å²) in [6, 6.07) is 12.6. The summed E-state index contributed by atoms with van der Waals surface area (Å²) in [5, 5.41) is 0. The Morgan fingerprint density at radius 1 is 0.971 bits per heavy atom. The third-order valence-corrected chi connectivity index (χ3v) is 9.93. The molecule has 3 rings (SSSR count). The molecule has 0 aliphatic carbocycles. The van der Waals surface area contributed by atoms with Gasteiger partial charge < -0.3 is 9.47 Å². The normalized spacial score (nSPS) is 17.8. The number of ether oxygens (including phenoxy) is 2. The summed E-state index contributed by atoms with van der Waals surface area (Å²) in [6.07, 6.45) is 1.21. The minimum atomic E-state index is -3.76. The fourth-order valence-corrected chi connectivity index (χ4v) is 7.04. The average Bonchev–Trinajstić information content (AvgIpc) is 2.85. The van der Waals surface area contributed by atoms with Gasteiger partial charge >= 0.3 is 5.97 Å². The summed E-state index contributed by atoms with van der Waals surface area (Å²) in [7, 11) is -6.81. The highest BCUT2D eigenvalue weighted by Crippen LogP contribution is 2.51. The molecule has 0 saturated carbocycles. The molecule has 0 radical (unpaired) electrons. The lowest BCUT2D eigenvalue weighted by atomic mass is 10.0. The van der Waals surface area contributed by atoms with Gasteiger partial charge in [-0.1, -0.05) is 13.8 Å². The van der Waals surface area contributed by atoms with Crippen LogP contribution in [0.15, 0.2) is 58.3 Å². The van der Waals surface area contributed by atoms with Crippen molar-refractivity contribution in [3.63, 3.8) is 0 Å². The van der Waals surface area contributed by atoms with Gasteiger partial charge in [0.25, 0.3) is 0 Å². The number of sulfonamides is 1. The van der Waals surface area contributed by atoms with Crippen LogP contribution in [0.5, 0.6) is 11.5 Å². The number of hydrogen-bond donors (Lipinski definition) is 2. The van der Waals surface area contributed by atoms with E-state index in [0.29, 0.717) is 48.9 Å². The summed E-state index contributed by atoms with van der Waals surface area (Å²) in [5.41, 5.74) is 0. The zero-order chi connectivity index (χ0) is 25.6. The Morgan fingerprint density at radius 3 is 2.03 bits per heavy atom. The number of hydrogen-bond acceptors (Lipinski definition) is 8. The van der Waals surface area contributed by atoms with E-state index in [1.165, 1.54) is 16.4 Å². The highest BCUT2D eigenvalue weighted by molar-refractivity contribution is 8.22. The lowest BCUT2D eigenvalue weighted by Gasteiger charge is -2.41. The molecule has 1 atom stereocenters. The number of benzene rings is 2. The number of rotatable bonds is 10. The summed E-state index contributed by atoms with van der Waals surface area (Å²) in [6.45, 7) is 7.21. The van der Waals surface area contributed by atoms with Gasteiger partial charge in [-0.15, -0.1) is 10.8 Å². The molecule has 0 bridgehead atoms. The molecule has 1 aliphatic heterocycles. The predicted molar refractivity (Wildman–Crippen MR) is 135 cm³/mol. The first kappa shape index (κ1) is 27.4. The third kappa shape index (κ3) is 6.35. The maximum atomic E-state index is 13.1. The van der Waals surface area contributed by atoms with Gasteiger partial charge in [0.2, 0.25) is 10.0 Å². The second-order valence-electron chi connectivity index (χ2n) is 8.13. The predicted octanol–water partition coefficient (Wildman–Crippen LogP) is 4.81. The van der Waals surface area contributed by atoms with Crippen LogP contribution in [0.1, 0.15) is 33.6 Å². The van der Waals surface area contributed by atoms with E-state index < -0.39 is 26.7 Å². The molecule has 11 heteroatoms. The maximum Gasteiger partial charge on any atom is 0.310 e. The first-order valence-electron chi connectivity index (χ1n) is 11.7. The molecule has 1 fully saturated rings. The zero-order valence-corrected chi connectivity index (χ0v) is 21.9. The van der Waals surface area contributed by atoms with Gasteiger partial charge in [0.05, 0.1) is 22.3 Å². The van der Waals surface area contributed by atoms with Crippen LogP contribution in [0.4, 0.5) is 0 Å². The highest BCUT2D eigenvalue weighted by atomic mass is 32.3. The van der Waals surface area contributed by atoms with Crippen molar-refractivity contribution in [1.29, 1.82) is 0 Å². The minimum absolute atomic E-state index is 0.110. The smallest absolute Gasteiger partial charge is 0.310 e. The second-order valence-corrected chi connectivity index (χ2v) is 12.1. The molecule has 2 aromatic carbocycles. The molecule has 9 nitrogen and oxygen atoms in total. The minimum Gasteiger partial charge on any atom is -0.466 e. The van der Waals surface area contributed by atoms with E-state index in [9.17, 15) is 22.3 Å². The Bertz CT molecular complexity index is 1090. The van der Waals surface area contributed by atoms with E-state index in [-0.39, 0.29) is 24.0 Å². The third-order valence-electron chi connectivity index (χ3n) is 5.91. The van der Waals surface area contributed by atoms with E-state index >= 15 is 0 Å². The molecule has 2 aromatic rings. The monoisotopic (exact) mass is 526 g/mol. The Balaban J connectivity index is 1.68. The van der Waals surface area contributed by atoms with Crippen molar-refractivity contribution < 1.29 is 31.8 Å². The molecular formula is C24H34N2O7S2. The van der Waals surface area contributed by atoms with Gasteiger partial charge in [0.15, 0.2) is 0 Å². The van der Waals surface area contributed by atoms with Crippen LogP contribution in [0.2, 0.25) is 0 Å². The van der Waals surface area contributed by atoms with E-state index in [0.717, 1.165) is 0 Å². The van der Waals surface area contributed by atoms with Crippen LogP contribution in [0.25, 0.3) is 0 Å². The number of esters is 1. The molecule has 1 saturated heterocycles. The largest absolute Gasteiger partial charge is 0.466 e. The van der Waals surface area contributed by atoms with Crippen molar-refractivity contribution in [3.05, 3.63) is 48.5 Å². The quantitative estimate of drug-likeness (QED) is 0.424. The van der Waals surface area contributed by atoms with Gasteiger partial charge in [-0.3, -0.25) is 13.9 Å². The van der Waals surface area contributed by atoms with E-state index in [2.05, 4.69) is 0 Å². The molecule has 35 heavy (non-hydrogen) atoms. The summed E-state index contributed by atoms with van der Waals surface area (Å²) in [4.78, 5) is 12.6. The molecule has 0 amide bonds. The van der Waals surface area contributed by atoms with E-state index in [4.69, 9.17) is 9.47 Å². The highest BCUT2D eigenvalue weighted by Gasteiger charge is 2.34.